The van der Waals surface area contributed by atoms with Gasteiger partial charge >= 0.3 is 6.03 Å². The molecular weight excluding hydrogens is 332 g/mol. The molecule has 0 aliphatic rings. The standard InChI is InChI=1S/C19H16N4O3/c20-19(25)23(22-18(24)14-4-2-1-3-5-14)15-6-8-16(9-7-15)26-17-10-12-21-13-11-17/h1-13H,(H2,20,25)(H,22,24). The van der Waals surface area contributed by atoms with Gasteiger partial charge in [-0.2, -0.15) is 0 Å². The van der Waals surface area contributed by atoms with Gasteiger partial charge < -0.3 is 10.5 Å². The van der Waals surface area contributed by atoms with Crippen LogP contribution < -0.4 is 20.9 Å². The SMILES string of the molecule is NC(=O)N(NC(=O)c1ccccc1)c1ccc(Oc2ccncc2)cc1. The minimum absolute atomic E-state index is 0.406. The lowest BCUT2D eigenvalue weighted by atomic mass is 10.2. The molecule has 0 aliphatic carbocycles. The van der Waals surface area contributed by atoms with Crippen LogP contribution in [0.4, 0.5) is 10.5 Å². The Bertz CT molecular complexity index is 884. The molecule has 0 fully saturated rings. The Balaban J connectivity index is 1.74. The van der Waals surface area contributed by atoms with Gasteiger partial charge in [-0.05, 0) is 48.5 Å². The van der Waals surface area contributed by atoms with Crippen LogP contribution in [0.3, 0.4) is 0 Å². The van der Waals surface area contributed by atoms with E-state index >= 15 is 0 Å². The van der Waals surface area contributed by atoms with Crippen LogP contribution in [-0.2, 0) is 0 Å². The van der Waals surface area contributed by atoms with Gasteiger partial charge in [0.25, 0.3) is 5.91 Å². The van der Waals surface area contributed by atoms with Gasteiger partial charge in [-0.3, -0.25) is 15.2 Å². The molecule has 0 radical (unpaired) electrons. The number of pyridine rings is 1. The van der Waals surface area contributed by atoms with Gasteiger partial charge in [0.05, 0.1) is 5.69 Å². The molecule has 1 heterocycles. The fourth-order valence-electron chi connectivity index (χ4n) is 2.21. The summed E-state index contributed by atoms with van der Waals surface area (Å²) in [4.78, 5) is 27.9. The van der Waals surface area contributed by atoms with Crippen molar-refractivity contribution in [1.82, 2.24) is 10.4 Å². The quantitative estimate of drug-likeness (QED) is 0.708. The first-order valence-corrected chi connectivity index (χ1v) is 7.77. The van der Waals surface area contributed by atoms with Crippen LogP contribution in [0.15, 0.2) is 79.1 Å². The first kappa shape index (κ1) is 17.0. The molecule has 3 aromatic rings. The predicted octanol–water partition coefficient (Wildman–Crippen LogP) is 3.10. The maximum atomic E-state index is 12.2. The van der Waals surface area contributed by atoms with Crippen molar-refractivity contribution in [2.75, 3.05) is 5.01 Å². The maximum absolute atomic E-state index is 12.2. The second-order valence-electron chi connectivity index (χ2n) is 5.26. The molecule has 2 aromatic carbocycles. The van der Waals surface area contributed by atoms with Gasteiger partial charge in [0.1, 0.15) is 11.5 Å². The molecule has 3 rings (SSSR count). The highest BCUT2D eigenvalue weighted by atomic mass is 16.5. The summed E-state index contributed by atoms with van der Waals surface area (Å²) in [6.45, 7) is 0. The number of nitrogens with zero attached hydrogens (tertiary/aromatic N) is 2. The summed E-state index contributed by atoms with van der Waals surface area (Å²) in [6, 6.07) is 17.7. The number of aromatic nitrogens is 1. The third-order valence-corrected chi connectivity index (χ3v) is 3.45. The van der Waals surface area contributed by atoms with Gasteiger partial charge in [-0.25, -0.2) is 9.80 Å². The first-order valence-electron chi connectivity index (χ1n) is 7.77. The van der Waals surface area contributed by atoms with Crippen LogP contribution >= 0.6 is 0 Å². The number of anilines is 1. The van der Waals surface area contributed by atoms with Gasteiger partial charge in [-0.15, -0.1) is 0 Å². The molecule has 3 N–H and O–H groups in total. The normalized spacial score (nSPS) is 10.0. The highest BCUT2D eigenvalue weighted by Crippen LogP contribution is 2.23. The number of hydrogen-bond donors (Lipinski definition) is 2. The van der Waals surface area contributed by atoms with Crippen molar-refractivity contribution in [3.05, 3.63) is 84.7 Å². The van der Waals surface area contributed by atoms with Crippen molar-refractivity contribution >= 4 is 17.6 Å². The van der Waals surface area contributed by atoms with Gasteiger partial charge in [0.15, 0.2) is 0 Å². The molecule has 1 aromatic heterocycles. The molecular formula is C19H16N4O3. The largest absolute Gasteiger partial charge is 0.457 e. The van der Waals surface area contributed by atoms with E-state index in [0.29, 0.717) is 22.7 Å². The number of urea groups is 1. The number of nitrogens with one attached hydrogen (secondary N) is 1. The lowest BCUT2D eigenvalue weighted by Crippen LogP contribution is -2.49. The zero-order valence-electron chi connectivity index (χ0n) is 13.7. The molecule has 0 atom stereocenters. The lowest BCUT2D eigenvalue weighted by molar-refractivity contribution is 0.0951. The second kappa shape index (κ2) is 7.80. The number of hydrazine groups is 1. The first-order chi connectivity index (χ1) is 12.6. The topological polar surface area (TPSA) is 97.6 Å². The number of carbonyl (C=O) groups excluding carboxylic acids is 2. The van der Waals surface area contributed by atoms with Crippen LogP contribution in [-0.4, -0.2) is 16.9 Å². The molecule has 26 heavy (non-hydrogen) atoms. The second-order valence-corrected chi connectivity index (χ2v) is 5.26. The molecule has 7 heteroatoms. The number of ether oxygens (including phenoxy) is 1. The minimum atomic E-state index is -0.808. The molecule has 7 nitrogen and oxygen atoms in total. The summed E-state index contributed by atoms with van der Waals surface area (Å²) in [5.74, 6) is 0.761. The van der Waals surface area contributed by atoms with Crippen LogP contribution in [0, 0.1) is 0 Å². The monoisotopic (exact) mass is 348 g/mol. The van der Waals surface area contributed by atoms with Crippen molar-refractivity contribution in [1.29, 1.82) is 0 Å². The highest BCUT2D eigenvalue weighted by Gasteiger charge is 2.16. The van der Waals surface area contributed by atoms with E-state index in [4.69, 9.17) is 10.5 Å². The summed E-state index contributed by atoms with van der Waals surface area (Å²) in [7, 11) is 0. The third-order valence-electron chi connectivity index (χ3n) is 3.45. The molecule has 0 spiro atoms. The van der Waals surface area contributed by atoms with Crippen LogP contribution in [0.5, 0.6) is 11.5 Å². The van der Waals surface area contributed by atoms with E-state index in [1.807, 2.05) is 0 Å². The van der Waals surface area contributed by atoms with Crippen LogP contribution in [0.25, 0.3) is 0 Å². The number of hydrogen-bond acceptors (Lipinski definition) is 4. The Labute approximate surface area is 150 Å². The van der Waals surface area contributed by atoms with Crippen molar-refractivity contribution in [3.8, 4) is 11.5 Å². The molecule has 3 amide bonds. The molecule has 0 unspecified atom stereocenters. The Hall–Kier alpha value is -3.87. The third kappa shape index (κ3) is 4.15. The van der Waals surface area contributed by atoms with E-state index in [1.54, 1.807) is 79.1 Å². The average Bonchev–Trinajstić information content (AvgIpc) is 2.68. The Morgan fingerprint density at radius 3 is 2.12 bits per heavy atom. The molecule has 130 valence electrons. The summed E-state index contributed by atoms with van der Waals surface area (Å²) in [5.41, 5.74) is 8.70. The smallest absolute Gasteiger partial charge is 0.338 e. The van der Waals surface area contributed by atoms with Gasteiger partial charge in [0, 0.05) is 18.0 Å². The number of primary amides is 1. The molecule has 0 saturated heterocycles. The number of carbonyl (C=O) groups is 2. The van der Waals surface area contributed by atoms with Crippen molar-refractivity contribution in [2.24, 2.45) is 5.73 Å². The molecule has 0 bridgehead atoms. The Morgan fingerprint density at radius 1 is 0.885 bits per heavy atom. The van der Waals surface area contributed by atoms with E-state index < -0.39 is 11.9 Å². The lowest BCUT2D eigenvalue weighted by Gasteiger charge is -2.21. The zero-order chi connectivity index (χ0) is 18.4. The molecule has 0 aliphatic heterocycles. The van der Waals surface area contributed by atoms with E-state index in [2.05, 4.69) is 10.4 Å². The van der Waals surface area contributed by atoms with Crippen LogP contribution in [0.1, 0.15) is 10.4 Å². The Kier molecular flexibility index (Phi) is 5.09. The van der Waals surface area contributed by atoms with E-state index in [0.717, 1.165) is 5.01 Å². The van der Waals surface area contributed by atoms with Gasteiger partial charge in [0.2, 0.25) is 0 Å². The number of rotatable bonds is 4. The van der Waals surface area contributed by atoms with E-state index in [1.165, 1.54) is 0 Å². The highest BCUT2D eigenvalue weighted by molar-refractivity contribution is 6.00. The number of amides is 3. The minimum Gasteiger partial charge on any atom is -0.457 e. The maximum Gasteiger partial charge on any atom is 0.338 e. The summed E-state index contributed by atoms with van der Waals surface area (Å²) >= 11 is 0. The number of nitrogens with two attached hydrogens (primary N) is 1. The van der Waals surface area contributed by atoms with Crippen LogP contribution in [0.2, 0.25) is 0 Å². The fraction of sp³-hybridized carbons (Fsp3) is 0. The van der Waals surface area contributed by atoms with E-state index in [-0.39, 0.29) is 0 Å². The molecule has 0 saturated carbocycles. The van der Waals surface area contributed by atoms with E-state index in [9.17, 15) is 9.59 Å². The Morgan fingerprint density at radius 2 is 1.50 bits per heavy atom. The predicted molar refractivity (Wildman–Crippen MR) is 96.7 cm³/mol. The summed E-state index contributed by atoms with van der Waals surface area (Å²) in [5, 5.41) is 0.978. The summed E-state index contributed by atoms with van der Waals surface area (Å²) in [6.07, 6.45) is 3.25. The summed E-state index contributed by atoms with van der Waals surface area (Å²) < 4.78 is 5.66. The van der Waals surface area contributed by atoms with Crippen molar-refractivity contribution in [2.45, 2.75) is 0 Å². The van der Waals surface area contributed by atoms with Gasteiger partial charge in [-0.1, -0.05) is 18.2 Å². The average molecular weight is 348 g/mol. The zero-order valence-corrected chi connectivity index (χ0v) is 13.7. The number of benzene rings is 2. The fourth-order valence-corrected chi connectivity index (χ4v) is 2.21. The van der Waals surface area contributed by atoms with Crippen molar-refractivity contribution in [3.63, 3.8) is 0 Å². The van der Waals surface area contributed by atoms with Crippen molar-refractivity contribution < 1.29 is 14.3 Å².